The Balaban J connectivity index is 2.05. The van der Waals surface area contributed by atoms with Crippen LogP contribution in [-0.4, -0.2) is 36.4 Å². The highest BCUT2D eigenvalue weighted by molar-refractivity contribution is 7.71. The fraction of sp³-hybridized carbons (Fsp3) is 0.286. The standard InChI is InChI=1S/C14H17N3OS2/c1-17(2)12(10-5-7-20-9-10)8-16-13(18)11-4-3-6-15-14(11)19/h3-7,9,12H,8H2,1-2H3,(H,15,19)(H,16,18)/t12-/m0/s1. The molecule has 0 bridgehead atoms. The summed E-state index contributed by atoms with van der Waals surface area (Å²) in [6.45, 7) is 0.548. The van der Waals surface area contributed by atoms with E-state index in [0.717, 1.165) is 0 Å². The van der Waals surface area contributed by atoms with Gasteiger partial charge in [-0.05, 0) is 48.6 Å². The maximum absolute atomic E-state index is 12.1. The van der Waals surface area contributed by atoms with Crippen LogP contribution in [0.4, 0.5) is 0 Å². The Kier molecular flexibility index (Phi) is 5.05. The number of rotatable bonds is 5. The maximum atomic E-state index is 12.1. The Labute approximate surface area is 127 Å². The SMILES string of the molecule is CN(C)[C@@H](CNC(=O)c1ccc[nH]c1=S)c1ccsc1. The van der Waals surface area contributed by atoms with E-state index in [1.807, 2.05) is 19.5 Å². The van der Waals surface area contributed by atoms with Gasteiger partial charge in [-0.15, -0.1) is 0 Å². The van der Waals surface area contributed by atoms with Crippen molar-refractivity contribution in [3.8, 4) is 0 Å². The number of aromatic nitrogens is 1. The summed E-state index contributed by atoms with van der Waals surface area (Å²) in [7, 11) is 4.01. The van der Waals surface area contributed by atoms with Gasteiger partial charge < -0.3 is 15.2 Å². The number of thiophene rings is 1. The van der Waals surface area contributed by atoms with Gasteiger partial charge >= 0.3 is 0 Å². The van der Waals surface area contributed by atoms with Crippen molar-refractivity contribution < 1.29 is 4.79 Å². The van der Waals surface area contributed by atoms with Crippen molar-refractivity contribution in [2.45, 2.75) is 6.04 Å². The van der Waals surface area contributed by atoms with Gasteiger partial charge in [0, 0.05) is 12.7 Å². The lowest BCUT2D eigenvalue weighted by molar-refractivity contribution is 0.0941. The number of likely N-dealkylation sites (N-methyl/N-ethyl adjacent to an activating group) is 1. The third-order valence-electron chi connectivity index (χ3n) is 3.07. The highest BCUT2D eigenvalue weighted by Crippen LogP contribution is 2.20. The predicted octanol–water partition coefficient (Wildman–Crippen LogP) is 2.84. The summed E-state index contributed by atoms with van der Waals surface area (Å²) in [6.07, 6.45) is 1.72. The van der Waals surface area contributed by atoms with Crippen LogP contribution in [-0.2, 0) is 0 Å². The zero-order valence-electron chi connectivity index (χ0n) is 11.4. The van der Waals surface area contributed by atoms with Crippen LogP contribution in [0, 0.1) is 4.64 Å². The molecule has 2 heterocycles. The average Bonchev–Trinajstić information content (AvgIpc) is 2.92. The molecule has 2 aromatic rings. The molecule has 0 aliphatic heterocycles. The molecule has 0 saturated carbocycles. The van der Waals surface area contributed by atoms with Crippen molar-refractivity contribution in [3.63, 3.8) is 0 Å². The molecule has 0 unspecified atom stereocenters. The maximum Gasteiger partial charge on any atom is 0.254 e. The van der Waals surface area contributed by atoms with Crippen LogP contribution >= 0.6 is 23.6 Å². The largest absolute Gasteiger partial charge is 0.352 e. The van der Waals surface area contributed by atoms with E-state index in [0.29, 0.717) is 16.7 Å². The van der Waals surface area contributed by atoms with Crippen LogP contribution in [0.3, 0.4) is 0 Å². The van der Waals surface area contributed by atoms with E-state index in [2.05, 4.69) is 26.6 Å². The monoisotopic (exact) mass is 307 g/mol. The van der Waals surface area contributed by atoms with Crippen LogP contribution in [0.2, 0.25) is 0 Å². The Bertz CT molecular complexity index is 619. The number of amides is 1. The van der Waals surface area contributed by atoms with E-state index in [1.165, 1.54) is 5.56 Å². The van der Waals surface area contributed by atoms with Gasteiger partial charge in [-0.25, -0.2) is 0 Å². The van der Waals surface area contributed by atoms with E-state index in [9.17, 15) is 4.79 Å². The molecule has 1 atom stereocenters. The number of aromatic amines is 1. The fourth-order valence-corrected chi connectivity index (χ4v) is 2.88. The Morgan fingerprint density at radius 1 is 1.50 bits per heavy atom. The molecule has 4 nitrogen and oxygen atoms in total. The van der Waals surface area contributed by atoms with Gasteiger partial charge in [0.15, 0.2) is 0 Å². The van der Waals surface area contributed by atoms with Crippen LogP contribution in [0.25, 0.3) is 0 Å². The zero-order chi connectivity index (χ0) is 14.5. The second-order valence-corrected chi connectivity index (χ2v) is 5.85. The van der Waals surface area contributed by atoms with Gasteiger partial charge in [-0.2, -0.15) is 11.3 Å². The Hall–Kier alpha value is -1.50. The van der Waals surface area contributed by atoms with Crippen molar-refractivity contribution in [3.05, 3.63) is 50.9 Å². The number of nitrogens with zero attached hydrogens (tertiary/aromatic N) is 1. The first-order valence-electron chi connectivity index (χ1n) is 6.24. The number of carbonyl (C=O) groups excluding carboxylic acids is 1. The minimum absolute atomic E-state index is 0.145. The molecule has 0 radical (unpaired) electrons. The van der Waals surface area contributed by atoms with E-state index < -0.39 is 0 Å². The average molecular weight is 307 g/mol. The lowest BCUT2D eigenvalue weighted by Crippen LogP contribution is -2.34. The summed E-state index contributed by atoms with van der Waals surface area (Å²) in [5.74, 6) is -0.145. The first kappa shape index (κ1) is 14.9. The van der Waals surface area contributed by atoms with Crippen molar-refractivity contribution in [1.82, 2.24) is 15.2 Å². The number of nitrogens with one attached hydrogen (secondary N) is 2. The van der Waals surface area contributed by atoms with Crippen molar-refractivity contribution in [2.75, 3.05) is 20.6 Å². The highest BCUT2D eigenvalue weighted by Gasteiger charge is 2.16. The number of H-pyrrole nitrogens is 1. The third kappa shape index (κ3) is 3.53. The van der Waals surface area contributed by atoms with Crippen LogP contribution in [0.15, 0.2) is 35.2 Å². The molecule has 1 amide bonds. The van der Waals surface area contributed by atoms with Crippen LogP contribution in [0.1, 0.15) is 22.0 Å². The van der Waals surface area contributed by atoms with Gasteiger partial charge in [-0.3, -0.25) is 4.79 Å². The van der Waals surface area contributed by atoms with E-state index >= 15 is 0 Å². The van der Waals surface area contributed by atoms with Crippen molar-refractivity contribution in [1.29, 1.82) is 0 Å². The van der Waals surface area contributed by atoms with E-state index in [-0.39, 0.29) is 11.9 Å². The second-order valence-electron chi connectivity index (χ2n) is 4.66. The van der Waals surface area contributed by atoms with Gasteiger partial charge in [-0.1, -0.05) is 12.2 Å². The first-order chi connectivity index (χ1) is 9.59. The molecule has 20 heavy (non-hydrogen) atoms. The molecular weight excluding hydrogens is 290 g/mol. The van der Waals surface area contributed by atoms with Crippen molar-refractivity contribution in [2.24, 2.45) is 0 Å². The van der Waals surface area contributed by atoms with Gasteiger partial charge in [0.1, 0.15) is 4.64 Å². The molecule has 0 fully saturated rings. The second kappa shape index (κ2) is 6.78. The molecule has 2 aromatic heterocycles. The van der Waals surface area contributed by atoms with E-state index in [1.54, 1.807) is 29.7 Å². The van der Waals surface area contributed by atoms with Crippen LogP contribution < -0.4 is 5.32 Å². The zero-order valence-corrected chi connectivity index (χ0v) is 13.1. The summed E-state index contributed by atoms with van der Waals surface area (Å²) in [5, 5.41) is 7.09. The number of carbonyl (C=O) groups is 1. The summed E-state index contributed by atoms with van der Waals surface area (Å²) < 4.78 is 0.460. The topological polar surface area (TPSA) is 48.1 Å². The summed E-state index contributed by atoms with van der Waals surface area (Å²) in [4.78, 5) is 17.1. The smallest absolute Gasteiger partial charge is 0.254 e. The third-order valence-corrected chi connectivity index (χ3v) is 4.11. The van der Waals surface area contributed by atoms with E-state index in [4.69, 9.17) is 12.2 Å². The summed E-state index contributed by atoms with van der Waals surface area (Å²) >= 11 is 6.77. The van der Waals surface area contributed by atoms with Gasteiger partial charge in [0.25, 0.3) is 5.91 Å². The van der Waals surface area contributed by atoms with Crippen molar-refractivity contribution >= 4 is 29.5 Å². The normalized spacial score (nSPS) is 12.3. The minimum atomic E-state index is -0.145. The molecule has 0 aliphatic rings. The fourth-order valence-electron chi connectivity index (χ4n) is 1.95. The van der Waals surface area contributed by atoms with Gasteiger partial charge in [0.2, 0.25) is 0 Å². The lowest BCUT2D eigenvalue weighted by atomic mass is 10.1. The molecule has 6 heteroatoms. The quantitative estimate of drug-likeness (QED) is 0.835. The Morgan fingerprint density at radius 2 is 2.30 bits per heavy atom. The molecule has 0 saturated heterocycles. The minimum Gasteiger partial charge on any atom is -0.352 e. The Morgan fingerprint density at radius 3 is 2.90 bits per heavy atom. The first-order valence-corrected chi connectivity index (χ1v) is 7.59. The summed E-state index contributed by atoms with van der Waals surface area (Å²) in [5.41, 5.74) is 1.71. The lowest BCUT2D eigenvalue weighted by Gasteiger charge is -2.24. The molecule has 0 spiro atoms. The summed E-state index contributed by atoms with van der Waals surface area (Å²) in [6, 6.07) is 5.73. The highest BCUT2D eigenvalue weighted by atomic mass is 32.1. The number of hydrogen-bond donors (Lipinski definition) is 2. The molecule has 106 valence electrons. The molecule has 0 aliphatic carbocycles. The molecular formula is C14H17N3OS2. The van der Waals surface area contributed by atoms with Gasteiger partial charge in [0.05, 0.1) is 11.6 Å². The predicted molar refractivity (Wildman–Crippen MR) is 84.7 cm³/mol. The molecule has 0 aromatic carbocycles. The van der Waals surface area contributed by atoms with Crippen LogP contribution in [0.5, 0.6) is 0 Å². The molecule has 2 N–H and O–H groups in total. The number of hydrogen-bond acceptors (Lipinski definition) is 4. The molecule has 2 rings (SSSR count). The number of pyridine rings is 1.